The van der Waals surface area contributed by atoms with E-state index in [1.54, 1.807) is 24.3 Å². The summed E-state index contributed by atoms with van der Waals surface area (Å²) in [6.45, 7) is 1.07. The first-order valence-corrected chi connectivity index (χ1v) is 8.90. The standard InChI is InChI=1S/C18H18Cl2N2O4/c1-25-18(24)12-6-8-26-16(12)10-22-7-2-3-15(22)17(23)21-14-9-11(19)4-5-13(14)20/h4-6,8-9,15H,2-3,7,10H2,1H3,(H,21,23). The minimum Gasteiger partial charge on any atom is -0.467 e. The van der Waals surface area contributed by atoms with E-state index in [2.05, 4.69) is 5.32 Å². The summed E-state index contributed by atoms with van der Waals surface area (Å²) in [5.74, 6) is -0.144. The van der Waals surface area contributed by atoms with Gasteiger partial charge in [-0.15, -0.1) is 0 Å². The van der Waals surface area contributed by atoms with Gasteiger partial charge in [0, 0.05) is 5.02 Å². The third-order valence-corrected chi connectivity index (χ3v) is 4.91. The second-order valence-electron chi connectivity index (χ2n) is 5.99. The summed E-state index contributed by atoms with van der Waals surface area (Å²) in [7, 11) is 1.32. The van der Waals surface area contributed by atoms with Crippen molar-refractivity contribution in [2.75, 3.05) is 19.0 Å². The number of amides is 1. The van der Waals surface area contributed by atoms with Crippen LogP contribution in [-0.4, -0.2) is 36.5 Å². The number of furan rings is 1. The van der Waals surface area contributed by atoms with E-state index in [-0.39, 0.29) is 11.9 Å². The highest BCUT2D eigenvalue weighted by Crippen LogP contribution is 2.28. The summed E-state index contributed by atoms with van der Waals surface area (Å²) in [5.41, 5.74) is 0.848. The predicted molar refractivity (Wildman–Crippen MR) is 98.6 cm³/mol. The zero-order valence-electron chi connectivity index (χ0n) is 14.1. The van der Waals surface area contributed by atoms with Crippen molar-refractivity contribution in [3.05, 3.63) is 51.9 Å². The molecular formula is C18H18Cl2N2O4. The molecule has 1 aromatic heterocycles. The monoisotopic (exact) mass is 396 g/mol. The van der Waals surface area contributed by atoms with Gasteiger partial charge in [0.25, 0.3) is 0 Å². The summed E-state index contributed by atoms with van der Waals surface area (Å²) in [6.07, 6.45) is 3.02. The van der Waals surface area contributed by atoms with Crippen molar-refractivity contribution in [2.45, 2.75) is 25.4 Å². The second-order valence-corrected chi connectivity index (χ2v) is 6.83. The SMILES string of the molecule is COC(=O)c1ccoc1CN1CCCC1C(=O)Nc1cc(Cl)ccc1Cl. The molecule has 1 fully saturated rings. The van der Waals surface area contributed by atoms with Crippen LogP contribution < -0.4 is 5.32 Å². The minimum absolute atomic E-state index is 0.169. The van der Waals surface area contributed by atoms with Gasteiger partial charge in [-0.25, -0.2) is 4.79 Å². The van der Waals surface area contributed by atoms with Crippen LogP contribution in [-0.2, 0) is 16.1 Å². The molecule has 26 heavy (non-hydrogen) atoms. The summed E-state index contributed by atoms with van der Waals surface area (Å²) in [5, 5.41) is 3.75. The van der Waals surface area contributed by atoms with E-state index in [0.717, 1.165) is 13.0 Å². The predicted octanol–water partition coefficient (Wildman–Crippen LogP) is 3.98. The number of halogens is 2. The number of carbonyl (C=O) groups is 2. The van der Waals surface area contributed by atoms with E-state index in [9.17, 15) is 9.59 Å². The van der Waals surface area contributed by atoms with Crippen molar-refractivity contribution in [1.29, 1.82) is 0 Å². The Hall–Kier alpha value is -2.02. The summed E-state index contributed by atoms with van der Waals surface area (Å²) in [4.78, 5) is 26.5. The number of likely N-dealkylation sites (tertiary alicyclic amines) is 1. The molecule has 138 valence electrons. The number of anilines is 1. The Morgan fingerprint density at radius 3 is 2.92 bits per heavy atom. The van der Waals surface area contributed by atoms with Crippen molar-refractivity contribution in [2.24, 2.45) is 0 Å². The Bertz CT molecular complexity index is 821. The zero-order valence-corrected chi connectivity index (χ0v) is 15.6. The van der Waals surface area contributed by atoms with Gasteiger partial charge in [0.15, 0.2) is 0 Å². The highest BCUT2D eigenvalue weighted by atomic mass is 35.5. The molecule has 0 bridgehead atoms. The molecule has 1 saturated heterocycles. The summed E-state index contributed by atoms with van der Waals surface area (Å²) in [6, 6.07) is 6.13. The van der Waals surface area contributed by atoms with Crippen LogP contribution >= 0.6 is 23.2 Å². The number of hydrogen-bond donors (Lipinski definition) is 1. The Morgan fingerprint density at radius 2 is 2.15 bits per heavy atom. The summed E-state index contributed by atoms with van der Waals surface area (Å²) < 4.78 is 10.2. The number of benzene rings is 1. The first-order chi connectivity index (χ1) is 12.5. The van der Waals surface area contributed by atoms with Crippen molar-refractivity contribution in [3.8, 4) is 0 Å². The molecule has 8 heteroatoms. The van der Waals surface area contributed by atoms with E-state index in [0.29, 0.717) is 40.0 Å². The lowest BCUT2D eigenvalue weighted by Gasteiger charge is -2.23. The van der Waals surface area contributed by atoms with E-state index >= 15 is 0 Å². The maximum Gasteiger partial charge on any atom is 0.341 e. The van der Waals surface area contributed by atoms with E-state index in [1.165, 1.54) is 13.4 Å². The average Bonchev–Trinajstić information content (AvgIpc) is 3.27. The molecule has 0 aliphatic carbocycles. The third kappa shape index (κ3) is 4.03. The number of methoxy groups -OCH3 is 1. The number of nitrogens with one attached hydrogen (secondary N) is 1. The number of carbonyl (C=O) groups excluding carboxylic acids is 2. The van der Waals surface area contributed by atoms with Crippen LogP contribution in [0.5, 0.6) is 0 Å². The Kier molecular flexibility index (Phi) is 5.86. The molecule has 1 aliphatic rings. The van der Waals surface area contributed by atoms with Crippen LogP contribution in [0.25, 0.3) is 0 Å². The van der Waals surface area contributed by atoms with Crippen LogP contribution in [0.2, 0.25) is 10.0 Å². The summed E-state index contributed by atoms with van der Waals surface area (Å²) >= 11 is 12.1. The average molecular weight is 397 g/mol. The molecule has 0 saturated carbocycles. The first-order valence-electron chi connectivity index (χ1n) is 8.14. The highest BCUT2D eigenvalue weighted by Gasteiger charge is 2.32. The molecule has 1 amide bonds. The van der Waals surface area contributed by atoms with Gasteiger partial charge >= 0.3 is 5.97 Å². The number of rotatable bonds is 5. The fourth-order valence-electron chi connectivity index (χ4n) is 3.06. The smallest absolute Gasteiger partial charge is 0.341 e. The third-order valence-electron chi connectivity index (χ3n) is 4.35. The fourth-order valence-corrected chi connectivity index (χ4v) is 3.40. The lowest BCUT2D eigenvalue weighted by molar-refractivity contribution is -0.120. The van der Waals surface area contributed by atoms with E-state index in [4.69, 9.17) is 32.4 Å². The highest BCUT2D eigenvalue weighted by molar-refractivity contribution is 6.35. The van der Waals surface area contributed by atoms with Crippen molar-refractivity contribution < 1.29 is 18.7 Å². The normalized spacial score (nSPS) is 17.3. The van der Waals surface area contributed by atoms with Gasteiger partial charge < -0.3 is 14.5 Å². The lowest BCUT2D eigenvalue weighted by Crippen LogP contribution is -2.39. The largest absolute Gasteiger partial charge is 0.467 e. The topological polar surface area (TPSA) is 71.8 Å². The van der Waals surface area contributed by atoms with Gasteiger partial charge in [-0.05, 0) is 43.7 Å². The molecule has 1 atom stereocenters. The first kappa shape index (κ1) is 18.8. The molecule has 0 spiro atoms. The molecule has 1 aromatic carbocycles. The van der Waals surface area contributed by atoms with Gasteiger partial charge in [-0.2, -0.15) is 0 Å². The lowest BCUT2D eigenvalue weighted by atomic mass is 10.2. The molecule has 1 aliphatic heterocycles. The number of esters is 1. The van der Waals surface area contributed by atoms with Crippen LogP contribution in [0.1, 0.15) is 29.0 Å². The van der Waals surface area contributed by atoms with Gasteiger partial charge in [0.2, 0.25) is 5.91 Å². The molecule has 6 nitrogen and oxygen atoms in total. The molecule has 1 N–H and O–H groups in total. The van der Waals surface area contributed by atoms with Gasteiger partial charge in [-0.3, -0.25) is 9.69 Å². The molecule has 3 rings (SSSR count). The van der Waals surface area contributed by atoms with Crippen LogP contribution in [0, 0.1) is 0 Å². The van der Waals surface area contributed by atoms with Gasteiger partial charge in [0.05, 0.1) is 36.7 Å². The Morgan fingerprint density at radius 1 is 1.35 bits per heavy atom. The van der Waals surface area contributed by atoms with E-state index < -0.39 is 5.97 Å². The molecule has 1 unspecified atom stereocenters. The van der Waals surface area contributed by atoms with Gasteiger partial charge in [-0.1, -0.05) is 23.2 Å². The number of hydrogen-bond acceptors (Lipinski definition) is 5. The fraction of sp³-hybridized carbons (Fsp3) is 0.333. The zero-order chi connectivity index (χ0) is 18.7. The van der Waals surface area contributed by atoms with Crippen LogP contribution in [0.15, 0.2) is 34.9 Å². The van der Waals surface area contributed by atoms with Crippen molar-refractivity contribution in [1.82, 2.24) is 4.90 Å². The maximum absolute atomic E-state index is 12.7. The van der Waals surface area contributed by atoms with E-state index in [1.807, 2.05) is 4.90 Å². The molecule has 0 radical (unpaired) electrons. The van der Waals surface area contributed by atoms with Crippen molar-refractivity contribution >= 4 is 40.8 Å². The Labute approximate surface area is 161 Å². The molecule has 2 aromatic rings. The number of ether oxygens (including phenoxy) is 1. The Balaban J connectivity index is 1.72. The maximum atomic E-state index is 12.7. The quantitative estimate of drug-likeness (QED) is 0.773. The second kappa shape index (κ2) is 8.12. The van der Waals surface area contributed by atoms with Crippen LogP contribution in [0.3, 0.4) is 0 Å². The molecule has 2 heterocycles. The van der Waals surface area contributed by atoms with Gasteiger partial charge in [0.1, 0.15) is 11.3 Å². The number of nitrogens with zero attached hydrogens (tertiary/aromatic N) is 1. The molecular weight excluding hydrogens is 379 g/mol. The van der Waals surface area contributed by atoms with Crippen molar-refractivity contribution in [3.63, 3.8) is 0 Å². The minimum atomic E-state index is -0.459. The van der Waals surface area contributed by atoms with Crippen LogP contribution in [0.4, 0.5) is 5.69 Å².